The Bertz CT molecular complexity index is 1040. The molecule has 1 aliphatic heterocycles. The average Bonchev–Trinajstić information content (AvgIpc) is 2.94. The quantitative estimate of drug-likeness (QED) is 0.762. The lowest BCUT2D eigenvalue weighted by atomic mass is 10.00. The molecule has 0 amide bonds. The number of hydrogen-bond donors (Lipinski definition) is 1. The zero-order valence-electron chi connectivity index (χ0n) is 12.8. The van der Waals surface area contributed by atoms with E-state index >= 15 is 0 Å². The van der Waals surface area contributed by atoms with Crippen molar-refractivity contribution in [2.75, 3.05) is 0 Å². The Labute approximate surface area is 147 Å². The van der Waals surface area contributed by atoms with E-state index in [0.29, 0.717) is 33.4 Å². The summed E-state index contributed by atoms with van der Waals surface area (Å²) >= 11 is 6.38. The van der Waals surface area contributed by atoms with Crippen LogP contribution in [0.5, 0.6) is 0 Å². The fourth-order valence-corrected chi connectivity index (χ4v) is 3.16. The number of carboxylic acid groups (broad SMARTS) is 1. The monoisotopic (exact) mass is 355 g/mol. The van der Waals surface area contributed by atoms with Gasteiger partial charge in [0.2, 0.25) is 0 Å². The highest BCUT2D eigenvalue weighted by molar-refractivity contribution is 6.33. The highest BCUT2D eigenvalue weighted by Gasteiger charge is 2.24. The maximum absolute atomic E-state index is 14.3. The number of fused-ring (bicyclic) bond motifs is 3. The fourth-order valence-electron chi connectivity index (χ4n) is 2.90. The number of aromatic nitrogens is 2. The van der Waals surface area contributed by atoms with Gasteiger partial charge in [0.25, 0.3) is 0 Å². The van der Waals surface area contributed by atoms with Crippen LogP contribution < -0.4 is 0 Å². The van der Waals surface area contributed by atoms with Crippen LogP contribution in [0.2, 0.25) is 5.02 Å². The predicted molar refractivity (Wildman–Crippen MR) is 91.3 cm³/mol. The van der Waals surface area contributed by atoms with Gasteiger partial charge in [0.05, 0.1) is 23.0 Å². The summed E-state index contributed by atoms with van der Waals surface area (Å²) in [5.41, 5.74) is 1.88. The number of benzene rings is 2. The fraction of sp³-hybridized carbons (Fsp3) is 0.0556. The van der Waals surface area contributed by atoms with E-state index in [4.69, 9.17) is 11.6 Å². The minimum atomic E-state index is -1.13. The number of imidazole rings is 1. The molecule has 7 heteroatoms. The Morgan fingerprint density at radius 1 is 1.16 bits per heavy atom. The number of carbonyl (C=O) groups is 1. The van der Waals surface area contributed by atoms with Crippen LogP contribution in [0.1, 0.15) is 27.4 Å². The third kappa shape index (κ3) is 2.51. The van der Waals surface area contributed by atoms with E-state index in [2.05, 4.69) is 9.98 Å². The average molecular weight is 356 g/mol. The first-order valence-electron chi connectivity index (χ1n) is 7.46. The summed E-state index contributed by atoms with van der Waals surface area (Å²) in [6.45, 7) is 0.113. The third-order valence-corrected chi connectivity index (χ3v) is 4.29. The molecule has 25 heavy (non-hydrogen) atoms. The summed E-state index contributed by atoms with van der Waals surface area (Å²) in [5.74, 6) is -1.09. The summed E-state index contributed by atoms with van der Waals surface area (Å²) in [4.78, 5) is 19.8. The van der Waals surface area contributed by atoms with Gasteiger partial charge in [-0.05, 0) is 18.2 Å². The lowest BCUT2D eigenvalue weighted by Gasteiger charge is -2.13. The van der Waals surface area contributed by atoms with Gasteiger partial charge in [0.1, 0.15) is 11.6 Å². The van der Waals surface area contributed by atoms with Gasteiger partial charge in [0, 0.05) is 17.3 Å². The van der Waals surface area contributed by atoms with Gasteiger partial charge in [0.15, 0.2) is 5.69 Å². The van der Waals surface area contributed by atoms with Gasteiger partial charge in [-0.3, -0.25) is 9.56 Å². The molecule has 0 spiro atoms. The molecule has 0 saturated carbocycles. The number of carboxylic acids is 1. The molecule has 0 aliphatic carbocycles. The highest BCUT2D eigenvalue weighted by atomic mass is 35.5. The molecule has 0 radical (unpaired) electrons. The minimum Gasteiger partial charge on any atom is -0.476 e. The molecule has 2 aromatic carbocycles. The van der Waals surface area contributed by atoms with Crippen molar-refractivity contribution in [1.29, 1.82) is 0 Å². The Balaban J connectivity index is 2.00. The largest absolute Gasteiger partial charge is 0.476 e. The highest BCUT2D eigenvalue weighted by Crippen LogP contribution is 2.31. The second-order valence-corrected chi connectivity index (χ2v) is 5.91. The van der Waals surface area contributed by atoms with Gasteiger partial charge in [-0.25, -0.2) is 14.2 Å². The number of nitrogens with zero attached hydrogens (tertiary/aromatic N) is 3. The normalized spacial score (nSPS) is 12.8. The Kier molecular flexibility index (Phi) is 3.62. The molecule has 2 heterocycles. The molecule has 1 N–H and O–H groups in total. The van der Waals surface area contributed by atoms with Crippen molar-refractivity contribution in [1.82, 2.24) is 9.55 Å². The summed E-state index contributed by atoms with van der Waals surface area (Å²) < 4.78 is 15.9. The number of halogens is 2. The van der Waals surface area contributed by atoms with Crippen molar-refractivity contribution in [3.05, 3.63) is 82.1 Å². The zero-order chi connectivity index (χ0) is 17.6. The summed E-state index contributed by atoms with van der Waals surface area (Å²) in [5, 5.41) is 9.60. The van der Waals surface area contributed by atoms with Gasteiger partial charge >= 0.3 is 5.97 Å². The molecule has 0 bridgehead atoms. The van der Waals surface area contributed by atoms with Crippen molar-refractivity contribution in [3.8, 4) is 5.69 Å². The van der Waals surface area contributed by atoms with Crippen LogP contribution in [0.25, 0.3) is 5.69 Å². The molecule has 0 fully saturated rings. The smallest absolute Gasteiger partial charge is 0.356 e. The molecular weight excluding hydrogens is 345 g/mol. The van der Waals surface area contributed by atoms with Gasteiger partial charge in [-0.2, -0.15) is 0 Å². The molecule has 4 rings (SSSR count). The van der Waals surface area contributed by atoms with Gasteiger partial charge in [-0.15, -0.1) is 0 Å². The molecular formula is C18H11ClFN3O2. The molecule has 0 atom stereocenters. The lowest BCUT2D eigenvalue weighted by Crippen LogP contribution is -2.09. The second-order valence-electron chi connectivity index (χ2n) is 5.50. The second kappa shape index (κ2) is 5.82. The van der Waals surface area contributed by atoms with E-state index in [1.165, 1.54) is 12.3 Å². The minimum absolute atomic E-state index is 0.0922. The zero-order valence-corrected chi connectivity index (χ0v) is 13.5. The summed E-state index contributed by atoms with van der Waals surface area (Å²) in [7, 11) is 0. The molecule has 1 aliphatic rings. The van der Waals surface area contributed by atoms with Crippen LogP contribution in [0.15, 0.2) is 53.7 Å². The number of rotatable bonds is 2. The van der Waals surface area contributed by atoms with E-state index < -0.39 is 11.8 Å². The van der Waals surface area contributed by atoms with Crippen molar-refractivity contribution in [2.45, 2.75) is 6.54 Å². The van der Waals surface area contributed by atoms with E-state index in [9.17, 15) is 14.3 Å². The first-order chi connectivity index (χ1) is 12.1. The maximum Gasteiger partial charge on any atom is 0.356 e. The van der Waals surface area contributed by atoms with Crippen LogP contribution in [-0.2, 0) is 6.54 Å². The van der Waals surface area contributed by atoms with Crippen molar-refractivity contribution in [3.63, 3.8) is 0 Å². The standard InChI is InChI=1S/C18H11ClFN3O2/c19-12-6-3-5-11-16(10-4-1-2-7-13(10)20)21-8-15-22-14(18(24)25)9-23(15)17(11)12/h1-7,9H,8H2,(H,24,25). The Morgan fingerprint density at radius 3 is 2.68 bits per heavy atom. The SMILES string of the molecule is O=C(O)c1cn2c(n1)CN=C(c1ccccc1F)c1cccc(Cl)c1-2. The van der Waals surface area contributed by atoms with Crippen molar-refractivity contribution in [2.24, 2.45) is 4.99 Å². The van der Waals surface area contributed by atoms with Crippen LogP contribution in [0.4, 0.5) is 4.39 Å². The van der Waals surface area contributed by atoms with E-state index in [-0.39, 0.29) is 12.2 Å². The van der Waals surface area contributed by atoms with Crippen LogP contribution in [0, 0.1) is 5.82 Å². The van der Waals surface area contributed by atoms with Gasteiger partial charge in [-0.1, -0.05) is 35.9 Å². The summed E-state index contributed by atoms with van der Waals surface area (Å²) in [6.07, 6.45) is 1.40. The van der Waals surface area contributed by atoms with Crippen molar-refractivity contribution < 1.29 is 14.3 Å². The third-order valence-electron chi connectivity index (χ3n) is 3.99. The molecule has 0 saturated heterocycles. The first-order valence-corrected chi connectivity index (χ1v) is 7.84. The van der Waals surface area contributed by atoms with Crippen LogP contribution in [0.3, 0.4) is 0 Å². The maximum atomic E-state index is 14.3. The van der Waals surface area contributed by atoms with Crippen LogP contribution >= 0.6 is 11.6 Å². The number of aliphatic imine (C=N–C) groups is 1. The Hall–Kier alpha value is -2.99. The lowest BCUT2D eigenvalue weighted by molar-refractivity contribution is 0.0691. The van der Waals surface area contributed by atoms with Crippen molar-refractivity contribution >= 4 is 23.3 Å². The van der Waals surface area contributed by atoms with E-state index in [1.807, 2.05) is 0 Å². The number of hydrogen-bond acceptors (Lipinski definition) is 3. The molecule has 0 unspecified atom stereocenters. The molecule has 1 aromatic heterocycles. The van der Waals surface area contributed by atoms with E-state index in [1.54, 1.807) is 41.0 Å². The summed E-state index contributed by atoms with van der Waals surface area (Å²) in [6, 6.07) is 11.6. The molecule has 5 nitrogen and oxygen atoms in total. The van der Waals surface area contributed by atoms with Gasteiger partial charge < -0.3 is 5.11 Å². The molecule has 124 valence electrons. The predicted octanol–water partition coefficient (Wildman–Crippen LogP) is 3.71. The molecule has 3 aromatic rings. The topological polar surface area (TPSA) is 67.5 Å². The first kappa shape index (κ1) is 15.5. The Morgan fingerprint density at radius 2 is 1.92 bits per heavy atom. The number of para-hydroxylation sites is 1. The van der Waals surface area contributed by atoms with E-state index in [0.717, 1.165) is 0 Å². The van der Waals surface area contributed by atoms with Crippen LogP contribution in [-0.4, -0.2) is 26.3 Å². The number of aromatic carboxylic acids is 1.